The first-order chi connectivity index (χ1) is 26.6. The van der Waals surface area contributed by atoms with Crippen LogP contribution in [0.5, 0.6) is 0 Å². The Morgan fingerprint density at radius 1 is 0.424 bits per heavy atom. The molecule has 2 unspecified atom stereocenters. The molecule has 0 aliphatic rings. The van der Waals surface area contributed by atoms with Gasteiger partial charge in [-0.25, -0.2) is 9.97 Å². The molecule has 0 spiro atoms. The summed E-state index contributed by atoms with van der Waals surface area (Å²) in [7, 11) is 0. The quantitative estimate of drug-likeness (QED) is 0.112. The Labute approximate surface area is 321 Å². The number of halogens is 18. The number of aromatic nitrogens is 9. The van der Waals surface area contributed by atoms with Crippen molar-refractivity contribution >= 4 is 35.1 Å². The first kappa shape index (κ1) is 48.0. The minimum Gasteiger partial charge on any atom is -0.343 e. The number of rotatable bonds is 10. The summed E-state index contributed by atoms with van der Waals surface area (Å²) < 4.78 is 229. The van der Waals surface area contributed by atoms with Gasteiger partial charge < -0.3 is 21.3 Å². The zero-order chi connectivity index (χ0) is 45.1. The Morgan fingerprint density at radius 2 is 0.763 bits per heavy atom. The van der Waals surface area contributed by atoms with Crippen molar-refractivity contribution in [2.45, 2.75) is 88.9 Å². The standard InChI is InChI=1S/C14H12F9N7.C13H11F9N6S/c1-5(12(15,16)17)25-10-28-9(7-3-24-4-8(27-7)14(21,22)23)29-11(30-10)26-6(2)13(18,19)20;1-4(11(14,15)16)23-9-26-7(8-25-6(3-29-8)13(20,21)22)27-10(28-9)24-5(2)12(17,18)19/h3-6H,1-2H3,(H2,25,26,28,29,30);3-5H,1-2H3,(H2,23,24,26,27,28)/t5-,6-;/m1./s1. The summed E-state index contributed by atoms with van der Waals surface area (Å²) >= 11 is 0.412. The average molecular weight is 904 g/mol. The molecule has 0 amide bonds. The first-order valence-corrected chi connectivity index (χ1v) is 16.3. The summed E-state index contributed by atoms with van der Waals surface area (Å²) in [6.07, 6.45) is -27.6. The van der Waals surface area contributed by atoms with E-state index in [9.17, 15) is 79.0 Å². The van der Waals surface area contributed by atoms with E-state index in [0.29, 0.717) is 50.6 Å². The molecular formula is C27H23F18N13S. The predicted octanol–water partition coefficient (Wildman–Crippen LogP) is 8.81. The molecule has 4 aromatic rings. The fourth-order valence-corrected chi connectivity index (χ4v) is 4.20. The van der Waals surface area contributed by atoms with Crippen LogP contribution in [0.3, 0.4) is 0 Å². The van der Waals surface area contributed by atoms with E-state index in [1.54, 1.807) is 0 Å². The molecule has 328 valence electrons. The van der Waals surface area contributed by atoms with E-state index in [1.165, 1.54) is 0 Å². The monoisotopic (exact) mass is 903 g/mol. The predicted molar refractivity (Wildman–Crippen MR) is 168 cm³/mol. The summed E-state index contributed by atoms with van der Waals surface area (Å²) in [6.45, 7) is 2.75. The molecule has 0 radical (unpaired) electrons. The lowest BCUT2D eigenvalue weighted by atomic mass is 10.3. The summed E-state index contributed by atoms with van der Waals surface area (Å²) in [6, 6.07) is -8.86. The van der Waals surface area contributed by atoms with Gasteiger partial charge >= 0.3 is 37.1 Å². The lowest BCUT2D eigenvalue weighted by Crippen LogP contribution is -2.35. The van der Waals surface area contributed by atoms with Crippen molar-refractivity contribution < 1.29 is 79.0 Å². The summed E-state index contributed by atoms with van der Waals surface area (Å²) in [5, 5.41) is 7.42. The number of hydrogen-bond donors (Lipinski definition) is 4. The van der Waals surface area contributed by atoms with Gasteiger partial charge in [0.15, 0.2) is 28.0 Å². The third kappa shape index (κ3) is 14.2. The molecule has 4 N–H and O–H groups in total. The van der Waals surface area contributed by atoms with E-state index in [4.69, 9.17) is 0 Å². The Hall–Kier alpha value is -5.33. The summed E-state index contributed by atoms with van der Waals surface area (Å²) in [4.78, 5) is 30.7. The fraction of sp³-hybridized carbons (Fsp3) is 0.519. The number of hydrogen-bond acceptors (Lipinski definition) is 14. The van der Waals surface area contributed by atoms with Crippen molar-refractivity contribution in [2.24, 2.45) is 0 Å². The minimum absolute atomic E-state index is 0.375. The maximum Gasteiger partial charge on any atom is 0.434 e. The van der Waals surface area contributed by atoms with Crippen LogP contribution in [0.1, 0.15) is 39.1 Å². The van der Waals surface area contributed by atoms with Gasteiger partial charge in [-0.05, 0) is 27.7 Å². The molecule has 0 saturated carbocycles. The summed E-state index contributed by atoms with van der Waals surface area (Å²) in [5.41, 5.74) is -3.41. The third-order valence-corrected chi connectivity index (χ3v) is 7.60. The smallest absolute Gasteiger partial charge is 0.343 e. The van der Waals surface area contributed by atoms with Crippen LogP contribution in [-0.2, 0) is 12.4 Å². The van der Waals surface area contributed by atoms with Gasteiger partial charge in [0.2, 0.25) is 23.8 Å². The van der Waals surface area contributed by atoms with Gasteiger partial charge in [0.1, 0.15) is 29.9 Å². The minimum atomic E-state index is -4.91. The zero-order valence-corrected chi connectivity index (χ0v) is 30.1. The van der Waals surface area contributed by atoms with E-state index in [-0.39, 0.29) is 0 Å². The summed E-state index contributed by atoms with van der Waals surface area (Å²) in [5.74, 6) is -4.60. The largest absolute Gasteiger partial charge is 0.434 e. The van der Waals surface area contributed by atoms with Crippen LogP contribution in [-0.4, -0.2) is 93.7 Å². The van der Waals surface area contributed by atoms with E-state index in [2.05, 4.69) is 44.9 Å². The second-order valence-electron chi connectivity index (χ2n) is 11.6. The Morgan fingerprint density at radius 3 is 1.07 bits per heavy atom. The molecule has 0 bridgehead atoms. The van der Waals surface area contributed by atoms with Crippen LogP contribution in [0.15, 0.2) is 17.8 Å². The van der Waals surface area contributed by atoms with Crippen molar-refractivity contribution in [3.05, 3.63) is 29.2 Å². The molecule has 0 aliphatic carbocycles. The molecule has 4 aromatic heterocycles. The van der Waals surface area contributed by atoms with Gasteiger partial charge in [-0.1, -0.05) is 0 Å². The lowest BCUT2D eigenvalue weighted by molar-refractivity contribution is -0.141. The molecule has 32 heteroatoms. The van der Waals surface area contributed by atoms with Crippen LogP contribution in [0.25, 0.3) is 22.4 Å². The van der Waals surface area contributed by atoms with Crippen LogP contribution in [0.4, 0.5) is 103 Å². The highest BCUT2D eigenvalue weighted by Crippen LogP contribution is 2.34. The molecule has 59 heavy (non-hydrogen) atoms. The van der Waals surface area contributed by atoms with Gasteiger partial charge in [0, 0.05) is 5.38 Å². The zero-order valence-electron chi connectivity index (χ0n) is 29.3. The number of thiazole rings is 1. The molecule has 0 aliphatic heterocycles. The van der Waals surface area contributed by atoms with Crippen molar-refractivity contribution in [3.8, 4) is 22.4 Å². The maximum absolute atomic E-state index is 12.8. The third-order valence-electron chi connectivity index (χ3n) is 6.76. The maximum atomic E-state index is 12.8. The van der Waals surface area contributed by atoms with Crippen molar-refractivity contribution in [1.29, 1.82) is 0 Å². The van der Waals surface area contributed by atoms with Crippen LogP contribution < -0.4 is 21.3 Å². The normalized spacial score (nSPS) is 15.0. The lowest BCUT2D eigenvalue weighted by Gasteiger charge is -2.20. The topological polar surface area (TPSA) is 164 Å². The molecule has 13 nitrogen and oxygen atoms in total. The molecular weight excluding hydrogens is 880 g/mol. The van der Waals surface area contributed by atoms with Crippen LogP contribution in [0, 0.1) is 0 Å². The molecule has 4 atom stereocenters. The molecule has 0 saturated heterocycles. The Balaban J connectivity index is 0.000000316. The Kier molecular flexibility index (Phi) is 14.2. The van der Waals surface area contributed by atoms with E-state index in [0.717, 1.165) is 6.20 Å². The Bertz CT molecular complexity index is 1930. The van der Waals surface area contributed by atoms with Crippen molar-refractivity contribution in [1.82, 2.24) is 44.9 Å². The van der Waals surface area contributed by atoms with E-state index < -0.39 is 119 Å². The van der Waals surface area contributed by atoms with E-state index in [1.807, 2.05) is 21.3 Å². The van der Waals surface area contributed by atoms with Crippen molar-refractivity contribution in [2.75, 3.05) is 21.3 Å². The fourth-order valence-electron chi connectivity index (χ4n) is 3.44. The molecule has 4 heterocycles. The highest BCUT2D eigenvalue weighted by molar-refractivity contribution is 7.13. The van der Waals surface area contributed by atoms with Gasteiger partial charge in [-0.2, -0.15) is 109 Å². The SMILES string of the molecule is CC(Nc1nc(NC(C)C(F)(F)F)nc(-c2nc(C(F)(F)F)cs2)n1)C(F)(F)F.C[C@@H](Nc1nc(N[C@H](C)C(F)(F)F)nc(-c2cncc(C(F)(F)F)n2)n1)C(F)(F)F. The molecule has 0 aromatic carbocycles. The van der Waals surface area contributed by atoms with Gasteiger partial charge in [-0.15, -0.1) is 11.3 Å². The number of nitrogens with zero attached hydrogens (tertiary/aromatic N) is 9. The van der Waals surface area contributed by atoms with Crippen LogP contribution >= 0.6 is 11.3 Å². The van der Waals surface area contributed by atoms with Gasteiger partial charge in [0.25, 0.3) is 0 Å². The highest BCUT2D eigenvalue weighted by Gasteiger charge is 2.41. The number of alkyl halides is 18. The average Bonchev–Trinajstić information content (AvgIpc) is 3.58. The first-order valence-electron chi connectivity index (χ1n) is 15.4. The number of nitrogens with one attached hydrogen (secondary N) is 4. The van der Waals surface area contributed by atoms with Crippen LogP contribution in [0.2, 0.25) is 0 Å². The number of anilines is 4. The highest BCUT2D eigenvalue weighted by atomic mass is 32.1. The molecule has 0 fully saturated rings. The van der Waals surface area contributed by atoms with E-state index >= 15 is 0 Å². The van der Waals surface area contributed by atoms with Gasteiger partial charge in [-0.3, -0.25) is 4.98 Å². The second kappa shape index (κ2) is 17.5. The van der Waals surface area contributed by atoms with Crippen molar-refractivity contribution in [3.63, 3.8) is 0 Å². The molecule has 4 rings (SSSR count). The second-order valence-corrected chi connectivity index (χ2v) is 12.4. The van der Waals surface area contributed by atoms with Gasteiger partial charge in [0.05, 0.1) is 12.4 Å².